The Morgan fingerprint density at radius 2 is 1.70 bits per heavy atom. The molecule has 0 atom stereocenters. The van der Waals surface area contributed by atoms with Crippen molar-refractivity contribution in [1.82, 2.24) is 4.90 Å². The summed E-state index contributed by atoms with van der Waals surface area (Å²) in [6.07, 6.45) is 1.78. The van der Waals surface area contributed by atoms with Crippen LogP contribution in [-0.2, 0) is 9.53 Å². The zero-order valence-corrected chi connectivity index (χ0v) is 18.9. The van der Waals surface area contributed by atoms with Crippen molar-refractivity contribution >= 4 is 45.4 Å². The number of fused-ring (bicyclic) bond motifs is 1. The lowest BCUT2D eigenvalue weighted by Crippen LogP contribution is -2.36. The number of amides is 2. The summed E-state index contributed by atoms with van der Waals surface area (Å²) in [5.74, 6) is 0.472. The van der Waals surface area contributed by atoms with E-state index in [0.29, 0.717) is 4.91 Å². The van der Waals surface area contributed by atoms with Gasteiger partial charge in [0.2, 0.25) is 0 Å². The monoisotopic (exact) mass is 460 g/mol. The Morgan fingerprint density at radius 3 is 2.52 bits per heavy atom. The zero-order chi connectivity index (χ0) is 22.6. The number of hydrogen-bond acceptors (Lipinski definition) is 6. The van der Waals surface area contributed by atoms with Crippen LogP contribution in [0.5, 0.6) is 5.75 Å². The van der Waals surface area contributed by atoms with Crippen LogP contribution in [0.2, 0.25) is 0 Å². The number of ether oxygens (including phenoxy) is 2. The number of morpholine rings is 1. The van der Waals surface area contributed by atoms with Crippen LogP contribution in [0, 0.1) is 0 Å². The van der Waals surface area contributed by atoms with E-state index in [4.69, 9.17) is 9.47 Å². The first kappa shape index (κ1) is 21.6. The number of imide groups is 1. The Balaban J connectivity index is 1.22. The Hall–Kier alpha value is -3.29. The van der Waals surface area contributed by atoms with E-state index >= 15 is 0 Å². The molecule has 2 amide bonds. The molecule has 5 rings (SSSR count). The molecule has 3 aromatic rings. The molecule has 0 aliphatic carbocycles. The summed E-state index contributed by atoms with van der Waals surface area (Å²) in [5.41, 5.74) is 2.03. The van der Waals surface area contributed by atoms with Crippen LogP contribution >= 0.6 is 11.8 Å². The summed E-state index contributed by atoms with van der Waals surface area (Å²) in [7, 11) is 0. The van der Waals surface area contributed by atoms with Gasteiger partial charge in [-0.05, 0) is 47.0 Å². The molecule has 0 bridgehead atoms. The number of hydrogen-bond donors (Lipinski definition) is 0. The van der Waals surface area contributed by atoms with Crippen LogP contribution < -0.4 is 9.64 Å². The second-order valence-corrected chi connectivity index (χ2v) is 8.84. The highest BCUT2D eigenvalue weighted by Crippen LogP contribution is 2.32. The second kappa shape index (κ2) is 9.68. The van der Waals surface area contributed by atoms with E-state index in [9.17, 15) is 9.59 Å². The molecule has 3 aromatic carbocycles. The smallest absolute Gasteiger partial charge is 0.293 e. The third-order valence-corrected chi connectivity index (χ3v) is 6.67. The van der Waals surface area contributed by atoms with E-state index < -0.39 is 0 Å². The first-order chi connectivity index (χ1) is 16.2. The summed E-state index contributed by atoms with van der Waals surface area (Å²) in [4.78, 5) is 29.2. The van der Waals surface area contributed by atoms with E-state index in [-0.39, 0.29) is 24.3 Å². The summed E-state index contributed by atoms with van der Waals surface area (Å²) < 4.78 is 11.3. The van der Waals surface area contributed by atoms with Gasteiger partial charge in [0.15, 0.2) is 0 Å². The number of carbonyl (C=O) groups excluding carboxylic acids is 2. The maximum absolute atomic E-state index is 12.8. The second-order valence-electron chi connectivity index (χ2n) is 7.85. The molecule has 6 nitrogen and oxygen atoms in total. The van der Waals surface area contributed by atoms with Crippen LogP contribution in [0.3, 0.4) is 0 Å². The molecule has 0 spiro atoms. The van der Waals surface area contributed by atoms with Crippen LogP contribution in [-0.4, -0.2) is 55.5 Å². The first-order valence-electron chi connectivity index (χ1n) is 11.0. The van der Waals surface area contributed by atoms with Crippen molar-refractivity contribution in [1.29, 1.82) is 0 Å². The SMILES string of the molecule is O=C1S/C(=C\c2ccc(N3CCOCC3)cc2)C(=O)N1CCOc1cccc2ccccc12. The largest absolute Gasteiger partial charge is 0.491 e. The molecule has 2 heterocycles. The summed E-state index contributed by atoms with van der Waals surface area (Å²) in [6.45, 7) is 3.67. The normalized spacial score (nSPS) is 17.9. The minimum atomic E-state index is -0.274. The fourth-order valence-electron chi connectivity index (χ4n) is 4.02. The van der Waals surface area contributed by atoms with Crippen molar-refractivity contribution in [2.45, 2.75) is 0 Å². The van der Waals surface area contributed by atoms with Gasteiger partial charge in [0.05, 0.1) is 24.7 Å². The van der Waals surface area contributed by atoms with E-state index in [1.165, 1.54) is 4.90 Å². The number of rotatable bonds is 6. The highest BCUT2D eigenvalue weighted by molar-refractivity contribution is 8.18. The van der Waals surface area contributed by atoms with Crippen molar-refractivity contribution < 1.29 is 19.1 Å². The lowest BCUT2D eigenvalue weighted by molar-refractivity contribution is -0.123. The number of anilines is 1. The maximum Gasteiger partial charge on any atom is 0.293 e. The quantitative estimate of drug-likeness (QED) is 0.493. The molecule has 2 saturated heterocycles. The zero-order valence-electron chi connectivity index (χ0n) is 18.1. The van der Waals surface area contributed by atoms with Crippen LogP contribution in [0.4, 0.5) is 10.5 Å². The molecular formula is C26H24N2O4S. The van der Waals surface area contributed by atoms with Gasteiger partial charge in [0.1, 0.15) is 12.4 Å². The Morgan fingerprint density at radius 1 is 0.939 bits per heavy atom. The van der Waals surface area contributed by atoms with Gasteiger partial charge in [0.25, 0.3) is 11.1 Å². The van der Waals surface area contributed by atoms with Gasteiger partial charge < -0.3 is 14.4 Å². The van der Waals surface area contributed by atoms with Crippen LogP contribution in [0.1, 0.15) is 5.56 Å². The minimum absolute atomic E-state index is 0.210. The first-order valence-corrected chi connectivity index (χ1v) is 11.8. The van der Waals surface area contributed by atoms with Gasteiger partial charge in [-0.25, -0.2) is 0 Å². The Bertz CT molecular complexity index is 1200. The molecular weight excluding hydrogens is 436 g/mol. The predicted molar refractivity (Wildman–Crippen MR) is 132 cm³/mol. The molecule has 2 aliphatic heterocycles. The highest BCUT2D eigenvalue weighted by atomic mass is 32.2. The molecule has 0 saturated carbocycles. The number of nitrogens with zero attached hydrogens (tertiary/aromatic N) is 2. The van der Waals surface area contributed by atoms with Gasteiger partial charge in [-0.3, -0.25) is 14.5 Å². The van der Waals surface area contributed by atoms with E-state index in [2.05, 4.69) is 4.90 Å². The van der Waals surface area contributed by atoms with Gasteiger partial charge in [-0.15, -0.1) is 0 Å². The number of thioether (sulfide) groups is 1. The summed E-state index contributed by atoms with van der Waals surface area (Å²) >= 11 is 0.974. The third kappa shape index (κ3) is 4.74. The standard InChI is InChI=1S/C26H24N2O4S/c29-25-24(18-19-8-10-21(11-9-19)27-12-15-31-16-13-27)33-26(30)28(25)14-17-32-23-7-3-5-20-4-1-2-6-22(20)23/h1-11,18H,12-17H2/b24-18-. The summed E-state index contributed by atoms with van der Waals surface area (Å²) in [5, 5.41) is 1.83. The summed E-state index contributed by atoms with van der Waals surface area (Å²) in [6, 6.07) is 21.9. The fourth-order valence-corrected chi connectivity index (χ4v) is 4.88. The highest BCUT2D eigenvalue weighted by Gasteiger charge is 2.34. The van der Waals surface area contributed by atoms with Crippen molar-refractivity contribution in [3.05, 3.63) is 77.2 Å². The third-order valence-electron chi connectivity index (χ3n) is 5.76. The van der Waals surface area contributed by atoms with Crippen molar-refractivity contribution in [2.75, 3.05) is 44.4 Å². The van der Waals surface area contributed by atoms with Crippen molar-refractivity contribution in [2.24, 2.45) is 0 Å². The van der Waals surface area contributed by atoms with E-state index in [1.54, 1.807) is 6.08 Å². The molecule has 7 heteroatoms. The Kier molecular flexibility index (Phi) is 6.32. The van der Waals surface area contributed by atoms with Gasteiger partial charge in [0, 0.05) is 24.2 Å². The topological polar surface area (TPSA) is 59.1 Å². The maximum atomic E-state index is 12.8. The predicted octanol–water partition coefficient (Wildman–Crippen LogP) is 4.79. The van der Waals surface area contributed by atoms with Gasteiger partial charge >= 0.3 is 0 Å². The minimum Gasteiger partial charge on any atom is -0.491 e. The molecule has 33 heavy (non-hydrogen) atoms. The molecule has 168 valence electrons. The molecule has 0 radical (unpaired) electrons. The molecule has 0 unspecified atom stereocenters. The van der Waals surface area contributed by atoms with Crippen LogP contribution in [0.15, 0.2) is 71.6 Å². The fraction of sp³-hybridized carbons (Fsp3) is 0.231. The molecule has 0 N–H and O–H groups in total. The van der Waals surface area contributed by atoms with Gasteiger partial charge in [-0.1, -0.05) is 48.5 Å². The molecule has 2 fully saturated rings. The van der Waals surface area contributed by atoms with Crippen molar-refractivity contribution in [3.63, 3.8) is 0 Å². The van der Waals surface area contributed by atoms with Crippen molar-refractivity contribution in [3.8, 4) is 5.75 Å². The van der Waals surface area contributed by atoms with Gasteiger partial charge in [-0.2, -0.15) is 0 Å². The molecule has 0 aromatic heterocycles. The van der Waals surface area contributed by atoms with E-state index in [0.717, 1.165) is 65.8 Å². The Labute approximate surface area is 196 Å². The number of carbonyl (C=O) groups is 2. The average Bonchev–Trinajstić information content (AvgIpc) is 3.12. The van der Waals surface area contributed by atoms with E-state index in [1.807, 2.05) is 66.7 Å². The van der Waals surface area contributed by atoms with Crippen LogP contribution in [0.25, 0.3) is 16.8 Å². The number of benzene rings is 3. The lowest BCUT2D eigenvalue weighted by atomic mass is 10.1. The average molecular weight is 461 g/mol. The molecule has 2 aliphatic rings. The lowest BCUT2D eigenvalue weighted by Gasteiger charge is -2.28.